The first-order chi connectivity index (χ1) is 13.7. The summed E-state index contributed by atoms with van der Waals surface area (Å²) in [5.41, 5.74) is -0.601. The molecule has 0 aliphatic rings. The summed E-state index contributed by atoms with van der Waals surface area (Å²) in [6.07, 6.45) is 1.14. The lowest BCUT2D eigenvalue weighted by Crippen LogP contribution is -2.23. The molecule has 0 radical (unpaired) electrons. The smallest absolute Gasteiger partial charge is 0.388 e. The minimum absolute atomic E-state index is 0.0459. The van der Waals surface area contributed by atoms with Gasteiger partial charge in [-0.1, -0.05) is 23.2 Å². The maximum atomic E-state index is 14.4. The second-order valence-electron chi connectivity index (χ2n) is 5.57. The number of ether oxygens (including phenoxy) is 2. The fraction of sp³-hybridized carbons (Fsp3) is 0.176. The molecule has 7 nitrogen and oxygen atoms in total. The zero-order chi connectivity index (χ0) is 21.3. The fourth-order valence-electron chi connectivity index (χ4n) is 2.47. The van der Waals surface area contributed by atoms with Gasteiger partial charge in [-0.2, -0.15) is 13.9 Å². The third-order valence-electron chi connectivity index (χ3n) is 3.74. The van der Waals surface area contributed by atoms with Gasteiger partial charge in [-0.05, 0) is 18.2 Å². The molecule has 3 rings (SSSR count). The van der Waals surface area contributed by atoms with Crippen LogP contribution in [-0.4, -0.2) is 22.4 Å². The zero-order valence-electron chi connectivity index (χ0n) is 14.4. The molecule has 0 aliphatic carbocycles. The molecule has 1 aromatic carbocycles. The number of aromatic nitrogens is 2. The second-order valence-corrected chi connectivity index (χ2v) is 6.35. The topological polar surface area (TPSA) is 89.5 Å². The average molecular weight is 450 g/mol. The molecule has 2 aromatic heterocycles. The van der Waals surface area contributed by atoms with Crippen LogP contribution in [0.25, 0.3) is 11.3 Å². The summed E-state index contributed by atoms with van der Waals surface area (Å²) in [6.45, 7) is -3.51. The van der Waals surface area contributed by atoms with Crippen molar-refractivity contribution in [3.05, 3.63) is 51.6 Å². The lowest BCUT2D eigenvalue weighted by atomic mass is 10.1. The monoisotopic (exact) mass is 449 g/mol. The Bertz CT molecular complexity index is 1070. The summed E-state index contributed by atoms with van der Waals surface area (Å²) >= 11 is 12.0. The highest BCUT2D eigenvalue weighted by molar-refractivity contribution is 6.34. The number of carbonyl (C=O) groups excluding carboxylic acids is 1. The van der Waals surface area contributed by atoms with E-state index in [-0.39, 0.29) is 45.0 Å². The second kappa shape index (κ2) is 8.26. The van der Waals surface area contributed by atoms with Crippen LogP contribution >= 0.6 is 23.2 Å². The number of alkyl halides is 2. The predicted octanol–water partition coefficient (Wildman–Crippen LogP) is 3.67. The summed E-state index contributed by atoms with van der Waals surface area (Å²) in [7, 11) is 1.29. The molecule has 0 bridgehead atoms. The van der Waals surface area contributed by atoms with Crippen LogP contribution in [0, 0.1) is 5.82 Å². The first kappa shape index (κ1) is 20.9. The van der Waals surface area contributed by atoms with Gasteiger partial charge in [-0.3, -0.25) is 0 Å². The maximum Gasteiger partial charge on any atom is 0.388 e. The molecule has 12 heteroatoms. The molecule has 0 saturated heterocycles. The number of furan rings is 1. The first-order valence-electron chi connectivity index (χ1n) is 7.76. The Morgan fingerprint density at radius 2 is 2.10 bits per heavy atom. The van der Waals surface area contributed by atoms with E-state index < -0.39 is 24.3 Å². The van der Waals surface area contributed by atoms with E-state index in [1.165, 1.54) is 13.1 Å². The summed E-state index contributed by atoms with van der Waals surface area (Å²) in [5.74, 6) is -2.87. The highest BCUT2D eigenvalue weighted by Crippen LogP contribution is 2.40. The van der Waals surface area contributed by atoms with E-state index in [9.17, 15) is 23.1 Å². The van der Waals surface area contributed by atoms with Crippen LogP contribution < -0.4 is 14.6 Å². The molecule has 0 saturated carbocycles. The van der Waals surface area contributed by atoms with Gasteiger partial charge in [0.05, 0.1) is 17.3 Å². The van der Waals surface area contributed by atoms with E-state index in [1.54, 1.807) is 0 Å². The molecule has 0 unspecified atom stereocenters. The molecular formula is C17H10Cl2F3N2O5-. The Morgan fingerprint density at radius 3 is 2.76 bits per heavy atom. The van der Waals surface area contributed by atoms with Crippen LogP contribution in [0.15, 0.2) is 28.9 Å². The van der Waals surface area contributed by atoms with Crippen LogP contribution in [0.5, 0.6) is 11.6 Å². The van der Waals surface area contributed by atoms with Crippen molar-refractivity contribution in [2.45, 2.75) is 13.2 Å². The Morgan fingerprint density at radius 1 is 1.38 bits per heavy atom. The quantitative estimate of drug-likeness (QED) is 0.546. The number of benzene rings is 1. The van der Waals surface area contributed by atoms with Crippen LogP contribution in [0.3, 0.4) is 0 Å². The molecule has 29 heavy (non-hydrogen) atoms. The van der Waals surface area contributed by atoms with Gasteiger partial charge >= 0.3 is 6.61 Å². The van der Waals surface area contributed by atoms with E-state index in [2.05, 4.69) is 9.84 Å². The predicted molar refractivity (Wildman–Crippen MR) is 92.6 cm³/mol. The van der Waals surface area contributed by atoms with E-state index in [0.29, 0.717) is 0 Å². The summed E-state index contributed by atoms with van der Waals surface area (Å²) in [4.78, 5) is 11.0. The third-order valence-corrected chi connectivity index (χ3v) is 4.38. The van der Waals surface area contributed by atoms with Gasteiger partial charge in [-0.25, -0.2) is 9.07 Å². The normalized spacial score (nSPS) is 11.1. The zero-order valence-corrected chi connectivity index (χ0v) is 15.9. The Hall–Kier alpha value is -2.85. The van der Waals surface area contributed by atoms with E-state index >= 15 is 0 Å². The van der Waals surface area contributed by atoms with Gasteiger partial charge in [0.1, 0.15) is 34.7 Å². The third kappa shape index (κ3) is 4.28. The van der Waals surface area contributed by atoms with Crippen molar-refractivity contribution in [2.24, 2.45) is 7.05 Å². The molecule has 2 heterocycles. The van der Waals surface area contributed by atoms with E-state index in [4.69, 9.17) is 32.4 Å². The van der Waals surface area contributed by atoms with E-state index in [1.807, 2.05) is 0 Å². The van der Waals surface area contributed by atoms with Crippen LogP contribution in [0.2, 0.25) is 10.0 Å². The lowest BCUT2D eigenvalue weighted by Gasteiger charge is -2.11. The number of hydrogen-bond donors (Lipinski definition) is 0. The number of carboxylic acid groups (broad SMARTS) is 1. The number of hydrogen-bond acceptors (Lipinski definition) is 6. The number of aryl methyl sites for hydroxylation is 1. The molecule has 0 atom stereocenters. The molecule has 3 aromatic rings. The molecule has 0 spiro atoms. The van der Waals surface area contributed by atoms with Crippen LogP contribution in [0.4, 0.5) is 13.2 Å². The Labute approximate surface area is 171 Å². The van der Waals surface area contributed by atoms with Gasteiger partial charge in [0.2, 0.25) is 5.88 Å². The highest BCUT2D eigenvalue weighted by Gasteiger charge is 2.24. The van der Waals surface area contributed by atoms with Crippen molar-refractivity contribution >= 4 is 29.2 Å². The van der Waals surface area contributed by atoms with Crippen molar-refractivity contribution in [2.75, 3.05) is 0 Å². The number of carboxylic acids is 1. The number of nitrogens with zero attached hydrogens (tertiary/aromatic N) is 2. The molecule has 0 N–H and O–H groups in total. The van der Waals surface area contributed by atoms with Gasteiger partial charge < -0.3 is 23.8 Å². The fourth-order valence-corrected chi connectivity index (χ4v) is 2.98. The molecule has 154 valence electrons. The minimum atomic E-state index is -3.16. The molecule has 0 amide bonds. The SMILES string of the molecule is Cn1nc(-c2cc(OCc3occc3C(=O)[O-])c(Cl)cc2F)c(Cl)c1OC(F)F. The van der Waals surface area contributed by atoms with Gasteiger partial charge in [0.15, 0.2) is 0 Å². The van der Waals surface area contributed by atoms with Crippen molar-refractivity contribution in [3.63, 3.8) is 0 Å². The number of halogens is 5. The minimum Gasteiger partial charge on any atom is -0.545 e. The maximum absolute atomic E-state index is 14.4. The largest absolute Gasteiger partial charge is 0.545 e. The summed E-state index contributed by atoms with van der Waals surface area (Å²) in [6, 6.07) is 3.23. The molecule has 0 aliphatic heterocycles. The van der Waals surface area contributed by atoms with Gasteiger partial charge in [-0.15, -0.1) is 0 Å². The van der Waals surface area contributed by atoms with Crippen molar-refractivity contribution < 1.29 is 37.0 Å². The van der Waals surface area contributed by atoms with E-state index in [0.717, 1.165) is 23.1 Å². The highest BCUT2D eigenvalue weighted by atomic mass is 35.5. The number of carbonyl (C=O) groups is 1. The van der Waals surface area contributed by atoms with Crippen molar-refractivity contribution in [1.29, 1.82) is 0 Å². The van der Waals surface area contributed by atoms with Crippen LogP contribution in [0.1, 0.15) is 16.1 Å². The lowest BCUT2D eigenvalue weighted by molar-refractivity contribution is -0.255. The van der Waals surface area contributed by atoms with Gasteiger partial charge in [0.25, 0.3) is 0 Å². The summed E-state index contributed by atoms with van der Waals surface area (Å²) < 4.78 is 55.1. The molecular weight excluding hydrogens is 440 g/mol. The van der Waals surface area contributed by atoms with Crippen molar-refractivity contribution in [1.82, 2.24) is 9.78 Å². The first-order valence-corrected chi connectivity index (χ1v) is 8.51. The standard InChI is InChI=1S/C17H11Cl2F3N2O5/c1-24-15(29-17(21)22)13(19)14(23-24)8-4-11(9(18)5-10(8)20)28-6-12-7(16(25)26)2-3-27-12/h2-5,17H,6H2,1H3,(H,25,26)/p-1. The molecule has 0 fully saturated rings. The van der Waals surface area contributed by atoms with Gasteiger partial charge in [0, 0.05) is 18.2 Å². The number of rotatable bonds is 7. The van der Waals surface area contributed by atoms with Crippen LogP contribution in [-0.2, 0) is 13.7 Å². The average Bonchev–Trinajstić information content (AvgIpc) is 3.21. The summed E-state index contributed by atoms with van der Waals surface area (Å²) in [5, 5.41) is 14.4. The Balaban J connectivity index is 1.94. The Kier molecular flexibility index (Phi) is 5.94. The van der Waals surface area contributed by atoms with Crippen molar-refractivity contribution in [3.8, 4) is 22.9 Å². The number of aromatic carboxylic acids is 1.